The van der Waals surface area contributed by atoms with Crippen LogP contribution in [0.3, 0.4) is 0 Å². The first-order valence-corrected chi connectivity index (χ1v) is 7.68. The Morgan fingerprint density at radius 2 is 1.75 bits per heavy atom. The van der Waals surface area contributed by atoms with Gasteiger partial charge in [-0.1, -0.05) is 17.8 Å². The third-order valence-electron chi connectivity index (χ3n) is 3.01. The van der Waals surface area contributed by atoms with Crippen molar-refractivity contribution in [3.05, 3.63) is 53.9 Å². The van der Waals surface area contributed by atoms with Gasteiger partial charge in [0.2, 0.25) is 0 Å². The molecule has 1 heterocycles. The molecular formula is C17H22N2S. The average molecular weight is 286 g/mol. The van der Waals surface area contributed by atoms with E-state index >= 15 is 0 Å². The molecule has 1 aromatic carbocycles. The van der Waals surface area contributed by atoms with E-state index in [1.807, 2.05) is 24.5 Å². The van der Waals surface area contributed by atoms with Crippen LogP contribution in [-0.2, 0) is 6.54 Å². The Labute approximate surface area is 126 Å². The van der Waals surface area contributed by atoms with Gasteiger partial charge in [-0.25, -0.2) is 0 Å². The van der Waals surface area contributed by atoms with E-state index in [0.29, 0.717) is 0 Å². The highest BCUT2D eigenvalue weighted by molar-refractivity contribution is 7.99. The third kappa shape index (κ3) is 4.66. The van der Waals surface area contributed by atoms with Crippen LogP contribution >= 0.6 is 11.8 Å². The van der Waals surface area contributed by atoms with Crippen LogP contribution in [0.4, 0.5) is 0 Å². The third-order valence-corrected chi connectivity index (χ3v) is 4.01. The molecule has 0 bridgehead atoms. The summed E-state index contributed by atoms with van der Waals surface area (Å²) in [5, 5.41) is 3.53. The number of rotatable bonds is 4. The van der Waals surface area contributed by atoms with Crippen molar-refractivity contribution < 1.29 is 0 Å². The largest absolute Gasteiger partial charge is 0.308 e. The number of pyridine rings is 1. The van der Waals surface area contributed by atoms with E-state index in [-0.39, 0.29) is 5.54 Å². The monoisotopic (exact) mass is 286 g/mol. The highest BCUT2D eigenvalue weighted by Gasteiger charge is 2.09. The number of nitrogens with zero attached hydrogens (tertiary/aromatic N) is 1. The smallest absolute Gasteiger partial charge is 0.0279 e. The number of nitrogens with one attached hydrogen (secondary N) is 1. The molecule has 0 aliphatic heterocycles. The van der Waals surface area contributed by atoms with E-state index in [9.17, 15) is 0 Å². The van der Waals surface area contributed by atoms with Crippen LogP contribution < -0.4 is 5.32 Å². The van der Waals surface area contributed by atoms with Gasteiger partial charge in [-0.2, -0.15) is 0 Å². The molecule has 0 fully saturated rings. The predicted octanol–water partition coefficient (Wildman–Crippen LogP) is 4.43. The number of benzene rings is 1. The lowest BCUT2D eigenvalue weighted by Crippen LogP contribution is -2.35. The first-order valence-electron chi connectivity index (χ1n) is 6.86. The van der Waals surface area contributed by atoms with Crippen LogP contribution in [0.5, 0.6) is 0 Å². The molecule has 2 nitrogen and oxygen atoms in total. The van der Waals surface area contributed by atoms with Crippen molar-refractivity contribution in [1.82, 2.24) is 10.3 Å². The van der Waals surface area contributed by atoms with Gasteiger partial charge in [0.25, 0.3) is 0 Å². The van der Waals surface area contributed by atoms with Crippen LogP contribution in [0.15, 0.2) is 52.5 Å². The molecular weight excluding hydrogens is 264 g/mol. The van der Waals surface area contributed by atoms with Crippen molar-refractivity contribution in [1.29, 1.82) is 0 Å². The molecule has 0 aliphatic carbocycles. The van der Waals surface area contributed by atoms with Crippen LogP contribution in [0.1, 0.15) is 31.9 Å². The van der Waals surface area contributed by atoms with Crippen molar-refractivity contribution in [3.8, 4) is 0 Å². The number of aryl methyl sites for hydroxylation is 1. The molecule has 106 valence electrons. The second kappa shape index (κ2) is 6.42. The van der Waals surface area contributed by atoms with Gasteiger partial charge in [-0.05, 0) is 63.1 Å². The first kappa shape index (κ1) is 15.1. The second-order valence-corrected chi connectivity index (χ2v) is 7.12. The molecule has 0 aliphatic rings. The van der Waals surface area contributed by atoms with Gasteiger partial charge in [-0.15, -0.1) is 0 Å². The van der Waals surface area contributed by atoms with Crippen LogP contribution in [-0.4, -0.2) is 10.5 Å². The van der Waals surface area contributed by atoms with Gasteiger partial charge in [0.15, 0.2) is 0 Å². The van der Waals surface area contributed by atoms with E-state index < -0.39 is 0 Å². The number of hydrogen-bond donors (Lipinski definition) is 1. The highest BCUT2D eigenvalue weighted by atomic mass is 32.2. The molecule has 0 amide bonds. The summed E-state index contributed by atoms with van der Waals surface area (Å²) in [6.07, 6.45) is 3.66. The van der Waals surface area contributed by atoms with Gasteiger partial charge < -0.3 is 5.32 Å². The van der Waals surface area contributed by atoms with E-state index in [4.69, 9.17) is 0 Å². The van der Waals surface area contributed by atoms with Gasteiger partial charge in [0.1, 0.15) is 0 Å². The second-order valence-electron chi connectivity index (χ2n) is 5.98. The molecule has 0 saturated carbocycles. The highest BCUT2D eigenvalue weighted by Crippen LogP contribution is 2.28. The molecule has 1 N–H and O–H groups in total. The lowest BCUT2D eigenvalue weighted by atomic mass is 10.1. The summed E-state index contributed by atoms with van der Waals surface area (Å²) >= 11 is 1.77. The van der Waals surface area contributed by atoms with Crippen molar-refractivity contribution in [2.24, 2.45) is 0 Å². The average Bonchev–Trinajstić information content (AvgIpc) is 2.38. The van der Waals surface area contributed by atoms with Crippen LogP contribution in [0.2, 0.25) is 0 Å². The SMILES string of the molecule is Cc1cc(Sc2ccncc2)ccc1CNC(C)(C)C. The summed E-state index contributed by atoms with van der Waals surface area (Å²) < 4.78 is 0. The van der Waals surface area contributed by atoms with E-state index in [2.05, 4.69) is 56.2 Å². The minimum Gasteiger partial charge on any atom is -0.308 e. The molecule has 0 atom stereocenters. The summed E-state index contributed by atoms with van der Waals surface area (Å²) in [7, 11) is 0. The first-order chi connectivity index (χ1) is 9.44. The lowest BCUT2D eigenvalue weighted by molar-refractivity contribution is 0.424. The summed E-state index contributed by atoms with van der Waals surface area (Å²) in [6, 6.07) is 10.7. The Bertz CT molecular complexity index is 559. The summed E-state index contributed by atoms with van der Waals surface area (Å²) in [5.41, 5.74) is 2.84. The normalized spacial score (nSPS) is 11.6. The van der Waals surface area contributed by atoms with Crippen molar-refractivity contribution >= 4 is 11.8 Å². The van der Waals surface area contributed by atoms with Crippen molar-refractivity contribution in [2.45, 2.75) is 49.6 Å². The molecule has 0 unspecified atom stereocenters. The van der Waals surface area contributed by atoms with Crippen LogP contribution in [0, 0.1) is 6.92 Å². The topological polar surface area (TPSA) is 24.9 Å². The molecule has 3 heteroatoms. The van der Waals surface area contributed by atoms with Crippen LogP contribution in [0.25, 0.3) is 0 Å². The Kier molecular flexibility index (Phi) is 4.84. The summed E-state index contributed by atoms with van der Waals surface area (Å²) in [4.78, 5) is 6.54. The molecule has 0 radical (unpaired) electrons. The maximum atomic E-state index is 4.04. The molecule has 20 heavy (non-hydrogen) atoms. The zero-order chi connectivity index (χ0) is 14.6. The lowest BCUT2D eigenvalue weighted by Gasteiger charge is -2.21. The molecule has 1 aromatic heterocycles. The van der Waals surface area contributed by atoms with Crippen molar-refractivity contribution in [2.75, 3.05) is 0 Å². The minimum absolute atomic E-state index is 0.150. The van der Waals surface area contributed by atoms with E-state index in [1.165, 1.54) is 20.9 Å². The van der Waals surface area contributed by atoms with Crippen molar-refractivity contribution in [3.63, 3.8) is 0 Å². The van der Waals surface area contributed by atoms with Gasteiger partial charge in [0, 0.05) is 34.3 Å². The van der Waals surface area contributed by atoms with Gasteiger partial charge in [-0.3, -0.25) is 4.98 Å². The Hall–Kier alpha value is -1.32. The van der Waals surface area contributed by atoms with Gasteiger partial charge in [0.05, 0.1) is 0 Å². The molecule has 2 rings (SSSR count). The Morgan fingerprint density at radius 1 is 1.05 bits per heavy atom. The summed E-state index contributed by atoms with van der Waals surface area (Å²) in [5.74, 6) is 0. The number of hydrogen-bond acceptors (Lipinski definition) is 3. The summed E-state index contributed by atoms with van der Waals surface area (Å²) in [6.45, 7) is 9.66. The standard InChI is InChI=1S/C17H22N2S/c1-13-11-16(20-15-7-9-18-10-8-15)6-5-14(13)12-19-17(2,3)4/h5-11,19H,12H2,1-4H3. The molecule has 2 aromatic rings. The quantitative estimate of drug-likeness (QED) is 0.900. The Morgan fingerprint density at radius 3 is 2.35 bits per heavy atom. The minimum atomic E-state index is 0.150. The fraction of sp³-hybridized carbons (Fsp3) is 0.353. The zero-order valence-corrected chi connectivity index (χ0v) is 13.4. The zero-order valence-electron chi connectivity index (χ0n) is 12.6. The van der Waals surface area contributed by atoms with Gasteiger partial charge >= 0.3 is 0 Å². The number of aromatic nitrogens is 1. The molecule has 0 saturated heterocycles. The predicted molar refractivity (Wildman–Crippen MR) is 86.1 cm³/mol. The maximum Gasteiger partial charge on any atom is 0.0279 e. The van der Waals surface area contributed by atoms with E-state index in [1.54, 1.807) is 11.8 Å². The Balaban J connectivity index is 2.06. The van der Waals surface area contributed by atoms with E-state index in [0.717, 1.165) is 6.54 Å². The fourth-order valence-electron chi connectivity index (χ4n) is 1.83. The fourth-order valence-corrected chi connectivity index (χ4v) is 2.73. The maximum absolute atomic E-state index is 4.04. The molecule has 0 spiro atoms.